The van der Waals surface area contributed by atoms with E-state index in [1.807, 2.05) is 35.3 Å². The number of nitrogens with zero attached hydrogens (tertiary/aromatic N) is 2. The fourth-order valence-corrected chi connectivity index (χ4v) is 2.03. The standard InChI is InChI=1S/C14H18N2O/c1-12(15-16-10-6-3-7-11-16)14(17)13-8-4-2-5-9-13/h2,4-5,8-9H,3,6-7,10-11H2,1H3/b15-12+. The monoisotopic (exact) mass is 230 g/mol. The molecule has 1 heterocycles. The first-order valence-electron chi connectivity index (χ1n) is 6.17. The highest BCUT2D eigenvalue weighted by Gasteiger charge is 2.12. The Hall–Kier alpha value is -1.64. The molecule has 0 unspecified atom stereocenters. The Balaban J connectivity index is 2.06. The first-order chi connectivity index (χ1) is 8.27. The molecular weight excluding hydrogens is 212 g/mol. The molecular formula is C14H18N2O. The van der Waals surface area contributed by atoms with E-state index in [2.05, 4.69) is 5.10 Å². The Morgan fingerprint density at radius 3 is 2.41 bits per heavy atom. The van der Waals surface area contributed by atoms with E-state index in [9.17, 15) is 4.79 Å². The minimum Gasteiger partial charge on any atom is -0.297 e. The number of hydrazone groups is 1. The Bertz CT molecular complexity index is 405. The Morgan fingerprint density at radius 1 is 1.12 bits per heavy atom. The SMILES string of the molecule is C/C(=N\N1CCCCC1)C(=O)c1ccccc1. The van der Waals surface area contributed by atoms with Crippen molar-refractivity contribution in [2.75, 3.05) is 13.1 Å². The van der Waals surface area contributed by atoms with Crippen molar-refractivity contribution >= 4 is 11.5 Å². The van der Waals surface area contributed by atoms with E-state index in [0.29, 0.717) is 11.3 Å². The summed E-state index contributed by atoms with van der Waals surface area (Å²) >= 11 is 0. The summed E-state index contributed by atoms with van der Waals surface area (Å²) in [6.07, 6.45) is 3.63. The average molecular weight is 230 g/mol. The summed E-state index contributed by atoms with van der Waals surface area (Å²) in [6, 6.07) is 9.33. The van der Waals surface area contributed by atoms with Crippen molar-refractivity contribution in [3.8, 4) is 0 Å². The van der Waals surface area contributed by atoms with E-state index in [4.69, 9.17) is 0 Å². The molecule has 3 heteroatoms. The number of Topliss-reactive ketones (excluding diaryl/α,β-unsaturated/α-hetero) is 1. The summed E-state index contributed by atoms with van der Waals surface area (Å²) < 4.78 is 0. The lowest BCUT2D eigenvalue weighted by Crippen LogP contribution is -2.27. The molecule has 1 aromatic rings. The molecule has 1 fully saturated rings. The van der Waals surface area contributed by atoms with Crippen molar-refractivity contribution in [3.05, 3.63) is 35.9 Å². The summed E-state index contributed by atoms with van der Waals surface area (Å²) in [5.41, 5.74) is 1.30. The van der Waals surface area contributed by atoms with Gasteiger partial charge in [-0.1, -0.05) is 30.3 Å². The zero-order chi connectivity index (χ0) is 12.1. The molecule has 0 spiro atoms. The Kier molecular flexibility index (Phi) is 3.91. The van der Waals surface area contributed by atoms with Crippen molar-refractivity contribution in [2.45, 2.75) is 26.2 Å². The summed E-state index contributed by atoms with van der Waals surface area (Å²) in [5, 5.41) is 6.43. The number of piperidine rings is 1. The van der Waals surface area contributed by atoms with Gasteiger partial charge in [0.2, 0.25) is 5.78 Å². The van der Waals surface area contributed by atoms with Crippen LogP contribution in [-0.2, 0) is 0 Å². The van der Waals surface area contributed by atoms with Gasteiger partial charge in [0.15, 0.2) is 0 Å². The fourth-order valence-electron chi connectivity index (χ4n) is 2.03. The van der Waals surface area contributed by atoms with E-state index in [0.717, 1.165) is 13.1 Å². The van der Waals surface area contributed by atoms with Gasteiger partial charge in [-0.05, 0) is 26.2 Å². The minimum absolute atomic E-state index is 0.0242. The maximum absolute atomic E-state index is 12.1. The lowest BCUT2D eigenvalue weighted by molar-refractivity contribution is 0.106. The number of carbonyl (C=O) groups excluding carboxylic acids is 1. The number of ketones is 1. The molecule has 2 rings (SSSR count). The highest BCUT2D eigenvalue weighted by Crippen LogP contribution is 2.10. The van der Waals surface area contributed by atoms with Gasteiger partial charge in [0.05, 0.1) is 0 Å². The lowest BCUT2D eigenvalue weighted by atomic mass is 10.1. The van der Waals surface area contributed by atoms with E-state index in [1.165, 1.54) is 19.3 Å². The number of carbonyl (C=O) groups is 1. The second-order valence-corrected chi connectivity index (χ2v) is 4.39. The molecule has 1 aromatic carbocycles. The molecule has 0 bridgehead atoms. The molecule has 1 aliphatic rings. The van der Waals surface area contributed by atoms with Crippen molar-refractivity contribution in [2.24, 2.45) is 5.10 Å². The van der Waals surface area contributed by atoms with Crippen LogP contribution in [0.4, 0.5) is 0 Å². The fraction of sp³-hybridized carbons (Fsp3) is 0.429. The highest BCUT2D eigenvalue weighted by molar-refractivity contribution is 6.45. The first-order valence-corrected chi connectivity index (χ1v) is 6.17. The van der Waals surface area contributed by atoms with Gasteiger partial charge in [0.1, 0.15) is 5.71 Å². The van der Waals surface area contributed by atoms with Gasteiger partial charge in [-0.2, -0.15) is 5.10 Å². The highest BCUT2D eigenvalue weighted by atomic mass is 16.1. The first kappa shape index (κ1) is 11.8. The van der Waals surface area contributed by atoms with Gasteiger partial charge in [0.25, 0.3) is 0 Å². The number of rotatable bonds is 3. The Labute approximate surface area is 102 Å². The van der Waals surface area contributed by atoms with Gasteiger partial charge in [-0.15, -0.1) is 0 Å². The van der Waals surface area contributed by atoms with Crippen LogP contribution in [0.5, 0.6) is 0 Å². The molecule has 0 aliphatic carbocycles. The molecule has 0 aromatic heterocycles. The average Bonchev–Trinajstić information content (AvgIpc) is 2.40. The zero-order valence-corrected chi connectivity index (χ0v) is 10.2. The van der Waals surface area contributed by atoms with Crippen LogP contribution >= 0.6 is 0 Å². The summed E-state index contributed by atoms with van der Waals surface area (Å²) in [5.74, 6) is 0.0242. The molecule has 17 heavy (non-hydrogen) atoms. The predicted octanol–water partition coefficient (Wildman–Crippen LogP) is 2.73. The van der Waals surface area contributed by atoms with Crippen LogP contribution in [0.15, 0.2) is 35.4 Å². The second kappa shape index (κ2) is 5.62. The molecule has 3 nitrogen and oxygen atoms in total. The molecule has 0 amide bonds. The van der Waals surface area contributed by atoms with Crippen LogP contribution in [0.3, 0.4) is 0 Å². The summed E-state index contributed by atoms with van der Waals surface area (Å²) in [6.45, 7) is 3.74. The molecule has 1 aliphatic heterocycles. The maximum atomic E-state index is 12.1. The normalized spacial score (nSPS) is 17.0. The van der Waals surface area contributed by atoms with Crippen molar-refractivity contribution < 1.29 is 4.79 Å². The van der Waals surface area contributed by atoms with Crippen molar-refractivity contribution in [1.82, 2.24) is 5.01 Å². The quantitative estimate of drug-likeness (QED) is 0.591. The van der Waals surface area contributed by atoms with Crippen LogP contribution in [-0.4, -0.2) is 29.6 Å². The van der Waals surface area contributed by atoms with Crippen LogP contribution in [0, 0.1) is 0 Å². The van der Waals surface area contributed by atoms with Gasteiger partial charge in [0, 0.05) is 18.7 Å². The lowest BCUT2D eigenvalue weighted by Gasteiger charge is -2.24. The molecule has 0 radical (unpaired) electrons. The Morgan fingerprint density at radius 2 is 1.76 bits per heavy atom. The largest absolute Gasteiger partial charge is 0.297 e. The van der Waals surface area contributed by atoms with E-state index in [1.54, 1.807) is 6.92 Å². The van der Waals surface area contributed by atoms with Crippen molar-refractivity contribution in [1.29, 1.82) is 0 Å². The summed E-state index contributed by atoms with van der Waals surface area (Å²) in [7, 11) is 0. The zero-order valence-electron chi connectivity index (χ0n) is 10.2. The smallest absolute Gasteiger partial charge is 0.208 e. The van der Waals surface area contributed by atoms with Gasteiger partial charge in [-0.3, -0.25) is 9.80 Å². The van der Waals surface area contributed by atoms with Crippen LogP contribution in [0.2, 0.25) is 0 Å². The van der Waals surface area contributed by atoms with Crippen LogP contribution < -0.4 is 0 Å². The topological polar surface area (TPSA) is 32.7 Å². The van der Waals surface area contributed by atoms with Crippen molar-refractivity contribution in [3.63, 3.8) is 0 Å². The molecule has 1 saturated heterocycles. The van der Waals surface area contributed by atoms with E-state index in [-0.39, 0.29) is 5.78 Å². The third kappa shape index (κ3) is 3.16. The summed E-state index contributed by atoms with van der Waals surface area (Å²) in [4.78, 5) is 12.1. The van der Waals surface area contributed by atoms with Gasteiger partial charge < -0.3 is 0 Å². The molecule has 0 saturated carbocycles. The van der Waals surface area contributed by atoms with Crippen LogP contribution in [0.1, 0.15) is 36.5 Å². The molecule has 0 N–H and O–H groups in total. The molecule has 0 atom stereocenters. The van der Waals surface area contributed by atoms with E-state index >= 15 is 0 Å². The number of hydrogen-bond donors (Lipinski definition) is 0. The predicted molar refractivity (Wildman–Crippen MR) is 69.3 cm³/mol. The number of benzene rings is 1. The second-order valence-electron chi connectivity index (χ2n) is 4.39. The van der Waals surface area contributed by atoms with Crippen LogP contribution in [0.25, 0.3) is 0 Å². The number of hydrogen-bond acceptors (Lipinski definition) is 3. The van der Waals surface area contributed by atoms with E-state index < -0.39 is 0 Å². The van der Waals surface area contributed by atoms with Gasteiger partial charge in [-0.25, -0.2) is 0 Å². The maximum Gasteiger partial charge on any atom is 0.208 e. The third-order valence-corrected chi connectivity index (χ3v) is 2.99. The van der Waals surface area contributed by atoms with Gasteiger partial charge >= 0.3 is 0 Å². The minimum atomic E-state index is 0.0242. The third-order valence-electron chi connectivity index (χ3n) is 2.99. The molecule has 90 valence electrons.